The zero-order chi connectivity index (χ0) is 13.9. The third-order valence-corrected chi connectivity index (χ3v) is 4.41. The predicted molar refractivity (Wildman–Crippen MR) is 82.0 cm³/mol. The Balaban J connectivity index is 1.89. The second-order valence-electron chi connectivity index (χ2n) is 6.33. The Morgan fingerprint density at radius 3 is 2.79 bits per heavy atom. The molecule has 1 fully saturated rings. The molecular formula is C14H26N4S. The zero-order valence-corrected chi connectivity index (χ0v) is 13.4. The Bertz CT molecular complexity index is 396. The number of hydrogen-bond donors (Lipinski definition) is 1. The summed E-state index contributed by atoms with van der Waals surface area (Å²) >= 11 is 1.48. The largest absolute Gasteiger partial charge is 0.359 e. The fourth-order valence-electron chi connectivity index (χ4n) is 2.51. The molecule has 4 nitrogen and oxygen atoms in total. The number of anilines is 1. The van der Waals surface area contributed by atoms with Crippen molar-refractivity contribution < 1.29 is 0 Å². The average Bonchev–Trinajstić information content (AvgIpc) is 2.85. The zero-order valence-electron chi connectivity index (χ0n) is 12.6. The molecule has 1 aromatic rings. The number of nitrogens with zero attached hydrogens (tertiary/aromatic N) is 3. The van der Waals surface area contributed by atoms with Crippen molar-refractivity contribution in [1.82, 2.24) is 14.3 Å². The summed E-state index contributed by atoms with van der Waals surface area (Å²) in [5.74, 6) is 0.941. The molecule has 1 atom stereocenters. The Kier molecular flexibility index (Phi) is 4.79. The van der Waals surface area contributed by atoms with Crippen molar-refractivity contribution in [3.8, 4) is 0 Å². The van der Waals surface area contributed by atoms with Gasteiger partial charge < -0.3 is 5.32 Å². The van der Waals surface area contributed by atoms with E-state index in [0.29, 0.717) is 6.04 Å². The van der Waals surface area contributed by atoms with E-state index in [1.807, 2.05) is 0 Å². The van der Waals surface area contributed by atoms with Crippen molar-refractivity contribution in [2.24, 2.45) is 0 Å². The molecule has 0 saturated carbocycles. The van der Waals surface area contributed by atoms with E-state index in [9.17, 15) is 0 Å². The number of hydrogen-bond acceptors (Lipinski definition) is 5. The highest BCUT2D eigenvalue weighted by molar-refractivity contribution is 7.09. The molecule has 0 bridgehead atoms. The fraction of sp³-hybridized carbons (Fsp3) is 0.857. The number of piperidine rings is 1. The highest BCUT2D eigenvalue weighted by Gasteiger charge is 2.22. The molecule has 19 heavy (non-hydrogen) atoms. The lowest BCUT2D eigenvalue weighted by Gasteiger charge is -2.34. The van der Waals surface area contributed by atoms with E-state index in [1.54, 1.807) is 0 Å². The molecule has 5 heteroatoms. The fourth-order valence-corrected chi connectivity index (χ4v) is 3.28. The van der Waals surface area contributed by atoms with E-state index in [1.165, 1.54) is 37.3 Å². The van der Waals surface area contributed by atoms with Crippen LogP contribution in [0.15, 0.2) is 0 Å². The normalized spacial score (nSPS) is 21.6. The number of likely N-dealkylation sites (N-methyl/N-ethyl adjacent to an activating group) is 1. The molecule has 1 aromatic heterocycles. The smallest absolute Gasteiger partial charge is 0.202 e. The summed E-state index contributed by atoms with van der Waals surface area (Å²) in [7, 11) is 0. The Hall–Kier alpha value is -0.680. The molecular weight excluding hydrogens is 256 g/mol. The van der Waals surface area contributed by atoms with E-state index in [-0.39, 0.29) is 5.41 Å². The first-order valence-corrected chi connectivity index (χ1v) is 8.10. The molecule has 1 aliphatic rings. The van der Waals surface area contributed by atoms with Crippen molar-refractivity contribution in [3.63, 3.8) is 0 Å². The quantitative estimate of drug-likeness (QED) is 0.921. The van der Waals surface area contributed by atoms with Crippen LogP contribution < -0.4 is 5.32 Å². The van der Waals surface area contributed by atoms with E-state index in [2.05, 4.69) is 47.3 Å². The minimum absolute atomic E-state index is 0.0384. The van der Waals surface area contributed by atoms with Gasteiger partial charge in [-0.05, 0) is 25.9 Å². The van der Waals surface area contributed by atoms with Gasteiger partial charge in [0, 0.05) is 29.5 Å². The number of aromatic nitrogens is 2. The van der Waals surface area contributed by atoms with Gasteiger partial charge in [0.1, 0.15) is 5.82 Å². The monoisotopic (exact) mass is 282 g/mol. The van der Waals surface area contributed by atoms with Gasteiger partial charge in [-0.15, -0.1) is 0 Å². The van der Waals surface area contributed by atoms with Gasteiger partial charge in [0.25, 0.3) is 0 Å². The minimum Gasteiger partial charge on any atom is -0.359 e. The first-order chi connectivity index (χ1) is 9.00. The first-order valence-electron chi connectivity index (χ1n) is 7.33. The van der Waals surface area contributed by atoms with Crippen molar-refractivity contribution >= 4 is 16.7 Å². The summed E-state index contributed by atoms with van der Waals surface area (Å²) in [6.07, 6.45) is 4.00. The summed E-state index contributed by atoms with van der Waals surface area (Å²) in [5.41, 5.74) is 0.0384. The molecule has 108 valence electrons. The van der Waals surface area contributed by atoms with Gasteiger partial charge >= 0.3 is 0 Å². The minimum atomic E-state index is 0.0384. The lowest BCUT2D eigenvalue weighted by Crippen LogP contribution is -2.43. The Morgan fingerprint density at radius 2 is 2.16 bits per heavy atom. The summed E-state index contributed by atoms with van der Waals surface area (Å²) < 4.78 is 4.44. The molecule has 2 rings (SSSR count). The molecule has 0 aliphatic carbocycles. The van der Waals surface area contributed by atoms with Gasteiger partial charge in [-0.1, -0.05) is 34.1 Å². The number of nitrogens with one attached hydrogen (secondary N) is 1. The summed E-state index contributed by atoms with van der Waals surface area (Å²) in [6, 6.07) is 0.653. The molecule has 2 heterocycles. The van der Waals surface area contributed by atoms with Crippen molar-refractivity contribution in [3.05, 3.63) is 5.82 Å². The topological polar surface area (TPSA) is 41.0 Å². The SMILES string of the molecule is CCN1CCCCC1CNc1nc(C(C)(C)C)ns1. The van der Waals surface area contributed by atoms with Gasteiger partial charge in [0.05, 0.1) is 0 Å². The van der Waals surface area contributed by atoms with Crippen LogP contribution in [-0.4, -0.2) is 39.9 Å². The second kappa shape index (κ2) is 6.18. The van der Waals surface area contributed by atoms with Crippen LogP contribution in [0, 0.1) is 0 Å². The van der Waals surface area contributed by atoms with Crippen molar-refractivity contribution in [2.75, 3.05) is 25.0 Å². The van der Waals surface area contributed by atoms with Gasteiger partial charge in [-0.3, -0.25) is 4.90 Å². The highest BCUT2D eigenvalue weighted by Crippen LogP contribution is 2.23. The molecule has 1 unspecified atom stereocenters. The van der Waals surface area contributed by atoms with Crippen LogP contribution in [0.5, 0.6) is 0 Å². The van der Waals surface area contributed by atoms with Gasteiger partial charge in [-0.2, -0.15) is 4.37 Å². The second-order valence-corrected chi connectivity index (χ2v) is 7.08. The standard InChI is InChI=1S/C14H26N4S/c1-5-18-9-7-6-8-11(18)10-15-13-16-12(17-19-13)14(2,3)4/h11H,5-10H2,1-4H3,(H,15,16,17). The average molecular weight is 282 g/mol. The van der Waals surface area contributed by atoms with Crippen LogP contribution in [0.2, 0.25) is 0 Å². The molecule has 1 N–H and O–H groups in total. The van der Waals surface area contributed by atoms with Crippen LogP contribution in [0.4, 0.5) is 5.13 Å². The van der Waals surface area contributed by atoms with Gasteiger partial charge in [0.2, 0.25) is 5.13 Å². The molecule has 0 spiro atoms. The van der Waals surface area contributed by atoms with Crippen LogP contribution in [0.3, 0.4) is 0 Å². The van der Waals surface area contributed by atoms with E-state index < -0.39 is 0 Å². The Morgan fingerprint density at radius 1 is 1.37 bits per heavy atom. The Labute approximate surface area is 120 Å². The third-order valence-electron chi connectivity index (χ3n) is 3.74. The maximum absolute atomic E-state index is 4.59. The first kappa shape index (κ1) is 14.7. The van der Waals surface area contributed by atoms with E-state index in [0.717, 1.165) is 24.0 Å². The van der Waals surface area contributed by atoms with Crippen LogP contribution in [-0.2, 0) is 5.41 Å². The summed E-state index contributed by atoms with van der Waals surface area (Å²) in [4.78, 5) is 7.17. The number of likely N-dealkylation sites (tertiary alicyclic amines) is 1. The number of rotatable bonds is 4. The third kappa shape index (κ3) is 3.89. The van der Waals surface area contributed by atoms with Gasteiger partial charge in [-0.25, -0.2) is 4.98 Å². The molecule has 0 radical (unpaired) electrons. The maximum Gasteiger partial charge on any atom is 0.202 e. The predicted octanol–water partition coefficient (Wildman–Crippen LogP) is 3.12. The van der Waals surface area contributed by atoms with E-state index >= 15 is 0 Å². The van der Waals surface area contributed by atoms with Crippen molar-refractivity contribution in [1.29, 1.82) is 0 Å². The molecule has 0 amide bonds. The molecule has 0 aromatic carbocycles. The summed E-state index contributed by atoms with van der Waals surface area (Å²) in [5, 5.41) is 4.44. The van der Waals surface area contributed by atoms with Crippen LogP contribution >= 0.6 is 11.5 Å². The van der Waals surface area contributed by atoms with Crippen LogP contribution in [0.25, 0.3) is 0 Å². The lowest BCUT2D eigenvalue weighted by atomic mass is 9.96. The van der Waals surface area contributed by atoms with E-state index in [4.69, 9.17) is 0 Å². The molecule has 1 aliphatic heterocycles. The lowest BCUT2D eigenvalue weighted by molar-refractivity contribution is 0.164. The van der Waals surface area contributed by atoms with Crippen LogP contribution in [0.1, 0.15) is 52.8 Å². The van der Waals surface area contributed by atoms with Gasteiger partial charge in [0.15, 0.2) is 0 Å². The highest BCUT2D eigenvalue weighted by atomic mass is 32.1. The maximum atomic E-state index is 4.59. The van der Waals surface area contributed by atoms with Crippen molar-refractivity contribution in [2.45, 2.75) is 58.4 Å². The summed E-state index contributed by atoms with van der Waals surface area (Å²) in [6.45, 7) is 12.1. The molecule has 1 saturated heterocycles.